The highest BCUT2D eigenvalue weighted by atomic mass is 16.5. The van der Waals surface area contributed by atoms with Gasteiger partial charge in [-0.25, -0.2) is 4.98 Å². The summed E-state index contributed by atoms with van der Waals surface area (Å²) in [5, 5.41) is 0. The highest BCUT2D eigenvalue weighted by Gasteiger charge is 2.00. The van der Waals surface area contributed by atoms with E-state index in [0.29, 0.717) is 18.3 Å². The zero-order valence-corrected chi connectivity index (χ0v) is 10.8. The molecule has 2 aromatic rings. The van der Waals surface area contributed by atoms with Crippen LogP contribution in [0.4, 0.5) is 5.82 Å². The Morgan fingerprint density at radius 2 is 1.83 bits per heavy atom. The Kier molecular flexibility index (Phi) is 3.82. The summed E-state index contributed by atoms with van der Waals surface area (Å²) < 4.78 is 5.66. The molecular formula is C15H18N2O. The number of pyridine rings is 1. The second-order valence-corrected chi connectivity index (χ2v) is 4.57. The van der Waals surface area contributed by atoms with Crippen molar-refractivity contribution in [1.82, 2.24) is 4.98 Å². The van der Waals surface area contributed by atoms with Gasteiger partial charge in [-0.1, -0.05) is 32.0 Å². The van der Waals surface area contributed by atoms with Crippen LogP contribution in [0.2, 0.25) is 0 Å². The maximum atomic E-state index is 5.66. The maximum absolute atomic E-state index is 5.66. The van der Waals surface area contributed by atoms with Crippen molar-refractivity contribution in [3.63, 3.8) is 0 Å². The van der Waals surface area contributed by atoms with Crippen LogP contribution in [0.3, 0.4) is 0 Å². The van der Waals surface area contributed by atoms with Crippen LogP contribution in [0.15, 0.2) is 42.5 Å². The highest BCUT2D eigenvalue weighted by molar-refractivity contribution is 5.30. The minimum atomic E-state index is 0.437. The van der Waals surface area contributed by atoms with E-state index in [4.69, 9.17) is 10.5 Å². The summed E-state index contributed by atoms with van der Waals surface area (Å²) in [6.45, 7) is 4.78. The Balaban J connectivity index is 1.98. The minimum absolute atomic E-state index is 0.437. The monoisotopic (exact) mass is 242 g/mol. The van der Waals surface area contributed by atoms with E-state index in [2.05, 4.69) is 31.0 Å². The molecule has 1 heterocycles. The molecule has 0 aliphatic carbocycles. The van der Waals surface area contributed by atoms with Gasteiger partial charge in [-0.15, -0.1) is 0 Å². The lowest BCUT2D eigenvalue weighted by molar-refractivity contribution is 0.301. The van der Waals surface area contributed by atoms with Crippen molar-refractivity contribution in [3.8, 4) is 5.75 Å². The molecular weight excluding hydrogens is 224 g/mol. The van der Waals surface area contributed by atoms with Gasteiger partial charge < -0.3 is 10.5 Å². The van der Waals surface area contributed by atoms with Gasteiger partial charge in [0.25, 0.3) is 0 Å². The molecule has 3 heteroatoms. The molecule has 0 saturated carbocycles. The SMILES string of the molecule is CC(C)c1ccc(OCc2cccc(N)n2)cc1. The first kappa shape index (κ1) is 12.4. The summed E-state index contributed by atoms with van der Waals surface area (Å²) in [5.74, 6) is 1.91. The molecule has 0 atom stereocenters. The van der Waals surface area contributed by atoms with Crippen molar-refractivity contribution in [2.45, 2.75) is 26.4 Å². The molecule has 0 aliphatic rings. The Morgan fingerprint density at radius 3 is 2.44 bits per heavy atom. The molecule has 0 aliphatic heterocycles. The Bertz CT molecular complexity index is 506. The quantitative estimate of drug-likeness (QED) is 0.894. The zero-order valence-electron chi connectivity index (χ0n) is 10.8. The standard InChI is InChI=1S/C15H18N2O/c1-11(2)12-6-8-14(9-7-12)18-10-13-4-3-5-15(16)17-13/h3-9,11H,10H2,1-2H3,(H2,16,17). The number of hydrogen-bond donors (Lipinski definition) is 1. The van der Waals surface area contributed by atoms with Crippen molar-refractivity contribution in [3.05, 3.63) is 53.7 Å². The summed E-state index contributed by atoms with van der Waals surface area (Å²) in [7, 11) is 0. The van der Waals surface area contributed by atoms with Gasteiger partial charge in [0.2, 0.25) is 0 Å². The van der Waals surface area contributed by atoms with Gasteiger partial charge in [0, 0.05) is 0 Å². The van der Waals surface area contributed by atoms with Crippen LogP contribution in [0, 0.1) is 0 Å². The number of aromatic nitrogens is 1. The maximum Gasteiger partial charge on any atom is 0.130 e. The number of nitrogen functional groups attached to an aromatic ring is 1. The molecule has 94 valence electrons. The molecule has 0 fully saturated rings. The Hall–Kier alpha value is -2.03. The second kappa shape index (κ2) is 5.54. The first-order valence-electron chi connectivity index (χ1n) is 6.09. The lowest BCUT2D eigenvalue weighted by Crippen LogP contribution is -2.00. The fourth-order valence-corrected chi connectivity index (χ4v) is 1.68. The van der Waals surface area contributed by atoms with Crippen molar-refractivity contribution < 1.29 is 4.74 Å². The van der Waals surface area contributed by atoms with E-state index in [0.717, 1.165) is 11.4 Å². The van der Waals surface area contributed by atoms with Crippen LogP contribution in [0.5, 0.6) is 5.75 Å². The third kappa shape index (κ3) is 3.23. The van der Waals surface area contributed by atoms with Gasteiger partial charge in [-0.3, -0.25) is 0 Å². The molecule has 0 radical (unpaired) electrons. The molecule has 1 aromatic heterocycles. The van der Waals surface area contributed by atoms with Crippen LogP contribution < -0.4 is 10.5 Å². The lowest BCUT2D eigenvalue weighted by atomic mass is 10.0. The summed E-state index contributed by atoms with van der Waals surface area (Å²) in [6, 6.07) is 13.7. The number of ether oxygens (including phenoxy) is 1. The van der Waals surface area contributed by atoms with E-state index >= 15 is 0 Å². The average Bonchev–Trinajstić information content (AvgIpc) is 2.37. The van der Waals surface area contributed by atoms with Gasteiger partial charge >= 0.3 is 0 Å². The van der Waals surface area contributed by atoms with Crippen molar-refractivity contribution in [1.29, 1.82) is 0 Å². The molecule has 3 nitrogen and oxygen atoms in total. The van der Waals surface area contributed by atoms with Crippen LogP contribution in [0.1, 0.15) is 31.0 Å². The van der Waals surface area contributed by atoms with E-state index in [-0.39, 0.29) is 0 Å². The largest absolute Gasteiger partial charge is 0.487 e. The topological polar surface area (TPSA) is 48.1 Å². The van der Waals surface area contributed by atoms with Crippen LogP contribution in [0.25, 0.3) is 0 Å². The highest BCUT2D eigenvalue weighted by Crippen LogP contribution is 2.19. The Morgan fingerprint density at radius 1 is 1.11 bits per heavy atom. The van der Waals surface area contributed by atoms with Crippen LogP contribution in [-0.4, -0.2) is 4.98 Å². The van der Waals surface area contributed by atoms with Gasteiger partial charge in [-0.2, -0.15) is 0 Å². The predicted octanol–water partition coefficient (Wildman–Crippen LogP) is 3.37. The van der Waals surface area contributed by atoms with Crippen LogP contribution >= 0.6 is 0 Å². The molecule has 2 rings (SSSR count). The fourth-order valence-electron chi connectivity index (χ4n) is 1.68. The molecule has 2 N–H and O–H groups in total. The summed E-state index contributed by atoms with van der Waals surface area (Å²) in [5.41, 5.74) is 7.76. The number of nitrogens with zero attached hydrogens (tertiary/aromatic N) is 1. The van der Waals surface area contributed by atoms with Gasteiger partial charge in [0.05, 0.1) is 5.69 Å². The second-order valence-electron chi connectivity index (χ2n) is 4.57. The van der Waals surface area contributed by atoms with Gasteiger partial charge in [0.1, 0.15) is 18.2 Å². The smallest absolute Gasteiger partial charge is 0.130 e. The number of hydrogen-bond acceptors (Lipinski definition) is 3. The molecule has 0 unspecified atom stereocenters. The summed E-state index contributed by atoms with van der Waals surface area (Å²) in [4.78, 5) is 4.19. The molecule has 0 spiro atoms. The van der Waals surface area contributed by atoms with E-state index in [1.165, 1.54) is 5.56 Å². The lowest BCUT2D eigenvalue weighted by Gasteiger charge is -2.08. The summed E-state index contributed by atoms with van der Waals surface area (Å²) in [6.07, 6.45) is 0. The van der Waals surface area contributed by atoms with E-state index in [1.54, 1.807) is 6.07 Å². The first-order valence-corrected chi connectivity index (χ1v) is 6.09. The molecule has 0 amide bonds. The minimum Gasteiger partial charge on any atom is -0.487 e. The predicted molar refractivity (Wildman–Crippen MR) is 73.5 cm³/mol. The van der Waals surface area contributed by atoms with Crippen LogP contribution in [-0.2, 0) is 6.61 Å². The first-order chi connectivity index (χ1) is 8.65. The molecule has 0 bridgehead atoms. The molecule has 18 heavy (non-hydrogen) atoms. The van der Waals surface area contributed by atoms with Gasteiger partial charge in [-0.05, 0) is 35.7 Å². The van der Waals surface area contributed by atoms with Crippen molar-refractivity contribution in [2.75, 3.05) is 5.73 Å². The summed E-state index contributed by atoms with van der Waals surface area (Å²) >= 11 is 0. The van der Waals surface area contributed by atoms with Crippen molar-refractivity contribution >= 4 is 5.82 Å². The third-order valence-corrected chi connectivity index (χ3v) is 2.76. The number of rotatable bonds is 4. The van der Waals surface area contributed by atoms with Crippen molar-refractivity contribution in [2.24, 2.45) is 0 Å². The van der Waals surface area contributed by atoms with Gasteiger partial charge in [0.15, 0.2) is 0 Å². The van der Waals surface area contributed by atoms with E-state index in [9.17, 15) is 0 Å². The number of nitrogens with two attached hydrogens (primary N) is 1. The number of benzene rings is 1. The number of anilines is 1. The third-order valence-electron chi connectivity index (χ3n) is 2.76. The van der Waals surface area contributed by atoms with E-state index < -0.39 is 0 Å². The molecule has 1 aromatic carbocycles. The fraction of sp³-hybridized carbons (Fsp3) is 0.267. The van der Waals surface area contributed by atoms with E-state index in [1.807, 2.05) is 24.3 Å². The molecule has 0 saturated heterocycles. The average molecular weight is 242 g/mol. The zero-order chi connectivity index (χ0) is 13.0. The Labute approximate surface area is 108 Å². The normalized spacial score (nSPS) is 10.6.